The quantitative estimate of drug-likeness (QED) is 0.817. The van der Waals surface area contributed by atoms with Crippen molar-refractivity contribution in [2.75, 3.05) is 7.05 Å². The maximum atomic E-state index is 10.8. The van der Waals surface area contributed by atoms with E-state index in [1.807, 2.05) is 7.05 Å². The van der Waals surface area contributed by atoms with E-state index in [1.54, 1.807) is 0 Å². The Balaban J connectivity index is 1.64. The van der Waals surface area contributed by atoms with Crippen LogP contribution in [0.4, 0.5) is 0 Å². The van der Waals surface area contributed by atoms with Crippen molar-refractivity contribution >= 4 is 5.97 Å². The van der Waals surface area contributed by atoms with Crippen LogP contribution in [0, 0.1) is 0 Å². The van der Waals surface area contributed by atoms with Crippen LogP contribution in [0.25, 0.3) is 0 Å². The number of aromatic nitrogens is 4. The van der Waals surface area contributed by atoms with Gasteiger partial charge in [0.25, 0.3) is 0 Å². The molecule has 7 nitrogen and oxygen atoms in total. The van der Waals surface area contributed by atoms with Gasteiger partial charge >= 0.3 is 5.97 Å². The van der Waals surface area contributed by atoms with Crippen LogP contribution in [-0.4, -0.2) is 43.2 Å². The molecule has 0 radical (unpaired) electrons. The standard InChI is InChI=1S/C16H21N5O2/c1-21(9-11-7-18-14(8-17-11)16(22)23)10-15-12-5-3-2-4-6-13(12)19-20-15/h7-8H,2-6,9-10H2,1H3,(H,19,20)(H,22,23). The maximum absolute atomic E-state index is 10.8. The Kier molecular flexibility index (Phi) is 4.66. The summed E-state index contributed by atoms with van der Waals surface area (Å²) in [5.41, 5.74) is 4.49. The Morgan fingerprint density at radius 3 is 2.78 bits per heavy atom. The van der Waals surface area contributed by atoms with Gasteiger partial charge in [-0.25, -0.2) is 9.78 Å². The van der Waals surface area contributed by atoms with Crippen molar-refractivity contribution < 1.29 is 9.90 Å². The summed E-state index contributed by atoms with van der Waals surface area (Å²) >= 11 is 0. The molecule has 3 rings (SSSR count). The highest BCUT2D eigenvalue weighted by Crippen LogP contribution is 2.22. The molecule has 23 heavy (non-hydrogen) atoms. The number of nitrogens with zero attached hydrogens (tertiary/aromatic N) is 4. The molecule has 0 saturated heterocycles. The SMILES string of the molecule is CN(Cc1cnc(C(=O)O)cn1)Cc1n[nH]c2c1CCCCC2. The normalized spacial score (nSPS) is 14.5. The molecule has 0 aliphatic heterocycles. The third kappa shape index (κ3) is 3.73. The minimum absolute atomic E-state index is 0.0333. The number of rotatable bonds is 5. The van der Waals surface area contributed by atoms with E-state index in [1.165, 1.54) is 42.9 Å². The average Bonchev–Trinajstić information content (AvgIpc) is 2.76. The van der Waals surface area contributed by atoms with Gasteiger partial charge in [-0.1, -0.05) is 6.42 Å². The molecule has 1 aliphatic rings. The van der Waals surface area contributed by atoms with Crippen LogP contribution in [0.1, 0.15) is 52.4 Å². The van der Waals surface area contributed by atoms with Gasteiger partial charge in [-0.2, -0.15) is 5.10 Å². The number of hydrogen-bond donors (Lipinski definition) is 2. The average molecular weight is 315 g/mol. The number of carboxylic acids is 1. The number of carboxylic acid groups (broad SMARTS) is 1. The van der Waals surface area contributed by atoms with Crippen LogP contribution >= 0.6 is 0 Å². The highest BCUT2D eigenvalue weighted by atomic mass is 16.4. The van der Waals surface area contributed by atoms with Gasteiger partial charge in [-0.3, -0.25) is 15.0 Å². The number of fused-ring (bicyclic) bond motifs is 1. The Morgan fingerprint density at radius 2 is 2.04 bits per heavy atom. The summed E-state index contributed by atoms with van der Waals surface area (Å²) in [5.74, 6) is -1.06. The lowest BCUT2D eigenvalue weighted by Gasteiger charge is -2.15. The van der Waals surface area contributed by atoms with Crippen LogP contribution in [0.5, 0.6) is 0 Å². The molecule has 2 N–H and O–H groups in total. The highest BCUT2D eigenvalue weighted by molar-refractivity contribution is 5.84. The number of aromatic carboxylic acids is 1. The lowest BCUT2D eigenvalue weighted by atomic mass is 10.1. The summed E-state index contributed by atoms with van der Waals surface area (Å²) in [6, 6.07) is 0. The lowest BCUT2D eigenvalue weighted by Crippen LogP contribution is -2.19. The van der Waals surface area contributed by atoms with Crippen molar-refractivity contribution in [3.63, 3.8) is 0 Å². The zero-order valence-corrected chi connectivity index (χ0v) is 13.2. The van der Waals surface area contributed by atoms with E-state index in [9.17, 15) is 4.79 Å². The monoisotopic (exact) mass is 315 g/mol. The minimum Gasteiger partial charge on any atom is -0.476 e. The third-order valence-electron chi connectivity index (χ3n) is 4.17. The Bertz CT molecular complexity index is 680. The van der Waals surface area contributed by atoms with Gasteiger partial charge in [-0.05, 0) is 38.3 Å². The lowest BCUT2D eigenvalue weighted by molar-refractivity contribution is 0.0690. The van der Waals surface area contributed by atoms with Crippen LogP contribution in [0.2, 0.25) is 0 Å². The molecule has 122 valence electrons. The van der Waals surface area contributed by atoms with Crippen LogP contribution in [-0.2, 0) is 25.9 Å². The van der Waals surface area contributed by atoms with Gasteiger partial charge in [0.05, 0.1) is 23.8 Å². The molecule has 0 spiro atoms. The molecule has 7 heteroatoms. The zero-order chi connectivity index (χ0) is 16.2. The number of carbonyl (C=O) groups is 1. The summed E-state index contributed by atoms with van der Waals surface area (Å²) in [5, 5.41) is 16.5. The van der Waals surface area contributed by atoms with Crippen LogP contribution < -0.4 is 0 Å². The second kappa shape index (κ2) is 6.87. The maximum Gasteiger partial charge on any atom is 0.356 e. The van der Waals surface area contributed by atoms with Gasteiger partial charge in [0.1, 0.15) is 0 Å². The van der Waals surface area contributed by atoms with Crippen molar-refractivity contribution in [2.45, 2.75) is 45.2 Å². The fourth-order valence-corrected chi connectivity index (χ4v) is 2.99. The topological polar surface area (TPSA) is 95.0 Å². The molecular formula is C16H21N5O2. The summed E-state index contributed by atoms with van der Waals surface area (Å²) in [4.78, 5) is 21.0. The van der Waals surface area contributed by atoms with E-state index in [2.05, 4.69) is 25.1 Å². The predicted molar refractivity (Wildman–Crippen MR) is 84.0 cm³/mol. The fourth-order valence-electron chi connectivity index (χ4n) is 2.99. The second-order valence-electron chi connectivity index (χ2n) is 6.06. The highest BCUT2D eigenvalue weighted by Gasteiger charge is 2.17. The predicted octanol–water partition coefficient (Wildman–Crippen LogP) is 1.80. The Hall–Kier alpha value is -2.28. The molecule has 0 atom stereocenters. The fraction of sp³-hybridized carbons (Fsp3) is 0.500. The molecule has 0 unspecified atom stereocenters. The smallest absolute Gasteiger partial charge is 0.356 e. The summed E-state index contributed by atoms with van der Waals surface area (Å²) < 4.78 is 0. The molecule has 0 saturated carbocycles. The van der Waals surface area contributed by atoms with Gasteiger partial charge in [0, 0.05) is 18.8 Å². The van der Waals surface area contributed by atoms with Crippen molar-refractivity contribution in [3.8, 4) is 0 Å². The van der Waals surface area contributed by atoms with Crippen LogP contribution in [0.15, 0.2) is 12.4 Å². The Morgan fingerprint density at radius 1 is 1.22 bits per heavy atom. The number of aryl methyl sites for hydroxylation is 1. The van der Waals surface area contributed by atoms with Gasteiger partial charge in [0.2, 0.25) is 0 Å². The molecule has 2 heterocycles. The number of nitrogens with one attached hydrogen (secondary N) is 1. The first kappa shape index (κ1) is 15.6. The molecule has 2 aromatic rings. The molecule has 0 amide bonds. The molecule has 0 fully saturated rings. The summed E-state index contributed by atoms with van der Waals surface area (Å²) in [7, 11) is 2.00. The first-order valence-corrected chi connectivity index (χ1v) is 7.91. The van der Waals surface area contributed by atoms with E-state index >= 15 is 0 Å². The summed E-state index contributed by atoms with van der Waals surface area (Å²) in [6.45, 7) is 1.35. The van der Waals surface area contributed by atoms with Gasteiger partial charge < -0.3 is 5.11 Å². The van der Waals surface area contributed by atoms with E-state index in [4.69, 9.17) is 5.11 Å². The Labute approximate surface area is 134 Å². The van der Waals surface area contributed by atoms with E-state index in [-0.39, 0.29) is 5.69 Å². The molecule has 2 aromatic heterocycles. The molecular weight excluding hydrogens is 294 g/mol. The minimum atomic E-state index is -1.06. The van der Waals surface area contributed by atoms with Crippen molar-refractivity contribution in [1.29, 1.82) is 0 Å². The first-order valence-electron chi connectivity index (χ1n) is 7.91. The van der Waals surface area contributed by atoms with Gasteiger partial charge in [-0.15, -0.1) is 0 Å². The van der Waals surface area contributed by atoms with E-state index < -0.39 is 5.97 Å². The van der Waals surface area contributed by atoms with Crippen molar-refractivity contribution in [1.82, 2.24) is 25.1 Å². The number of aromatic amines is 1. The second-order valence-corrected chi connectivity index (χ2v) is 6.06. The number of H-pyrrole nitrogens is 1. The van der Waals surface area contributed by atoms with Crippen LogP contribution in [0.3, 0.4) is 0 Å². The van der Waals surface area contributed by atoms with E-state index in [0.29, 0.717) is 6.54 Å². The first-order chi connectivity index (χ1) is 11.1. The van der Waals surface area contributed by atoms with Gasteiger partial charge in [0.15, 0.2) is 5.69 Å². The zero-order valence-electron chi connectivity index (χ0n) is 13.2. The molecule has 0 bridgehead atoms. The van der Waals surface area contributed by atoms with Crippen molar-refractivity contribution in [3.05, 3.63) is 40.7 Å². The molecule has 1 aliphatic carbocycles. The van der Waals surface area contributed by atoms with E-state index in [0.717, 1.165) is 30.8 Å². The van der Waals surface area contributed by atoms with Crippen molar-refractivity contribution in [2.24, 2.45) is 0 Å². The third-order valence-corrected chi connectivity index (χ3v) is 4.17. The number of hydrogen-bond acceptors (Lipinski definition) is 5. The summed E-state index contributed by atoms with van der Waals surface area (Å²) in [6.07, 6.45) is 8.75. The molecule has 0 aromatic carbocycles. The largest absolute Gasteiger partial charge is 0.476 e.